The minimum Gasteiger partial charge on any atom is -0.496 e. The maximum atomic E-state index is 13.6. The lowest BCUT2D eigenvalue weighted by Crippen LogP contribution is -2.28. The van der Waals surface area contributed by atoms with Crippen LogP contribution in [0.1, 0.15) is 18.4 Å². The molecule has 0 bridgehead atoms. The zero-order valence-electron chi connectivity index (χ0n) is 11.0. The molecule has 0 unspecified atom stereocenters. The number of benzene rings is 1. The second kappa shape index (κ2) is 6.05. The van der Waals surface area contributed by atoms with Crippen LogP contribution >= 0.6 is 0 Å². The average Bonchev–Trinajstić information content (AvgIpc) is 2.41. The highest BCUT2D eigenvalue weighted by molar-refractivity contribution is 5.41. The lowest BCUT2D eigenvalue weighted by molar-refractivity contribution is 0.353. The number of ether oxygens (including phenoxy) is 2. The van der Waals surface area contributed by atoms with Gasteiger partial charge < -0.3 is 14.8 Å². The molecule has 0 spiro atoms. The number of hydrogen-bond donors (Lipinski definition) is 1. The van der Waals surface area contributed by atoms with Crippen LogP contribution < -0.4 is 14.8 Å². The van der Waals surface area contributed by atoms with E-state index in [2.05, 4.69) is 5.32 Å². The molecule has 0 aromatic heterocycles. The highest BCUT2D eigenvalue weighted by atomic mass is 19.1. The predicted octanol–water partition coefficient (Wildman–Crippen LogP) is 2.39. The Balaban J connectivity index is 2.18. The van der Waals surface area contributed by atoms with Crippen molar-refractivity contribution in [2.75, 3.05) is 27.3 Å². The first-order chi connectivity index (χ1) is 8.74. The van der Waals surface area contributed by atoms with Crippen LogP contribution in [0, 0.1) is 11.7 Å². The summed E-state index contributed by atoms with van der Waals surface area (Å²) in [7, 11) is 3.06. The van der Waals surface area contributed by atoms with Crippen molar-refractivity contribution in [3.63, 3.8) is 0 Å². The van der Waals surface area contributed by atoms with Crippen molar-refractivity contribution < 1.29 is 13.9 Å². The first-order valence-corrected chi connectivity index (χ1v) is 6.35. The third-order valence-corrected chi connectivity index (χ3v) is 3.52. The summed E-state index contributed by atoms with van der Waals surface area (Å²) >= 11 is 0. The zero-order chi connectivity index (χ0) is 13.0. The smallest absolute Gasteiger partial charge is 0.168 e. The molecule has 1 heterocycles. The van der Waals surface area contributed by atoms with Crippen LogP contribution in [0.15, 0.2) is 12.1 Å². The number of rotatable bonds is 4. The fourth-order valence-electron chi connectivity index (χ4n) is 2.48. The van der Waals surface area contributed by atoms with E-state index in [4.69, 9.17) is 9.47 Å². The van der Waals surface area contributed by atoms with Gasteiger partial charge >= 0.3 is 0 Å². The summed E-state index contributed by atoms with van der Waals surface area (Å²) < 4.78 is 23.9. The number of halogens is 1. The van der Waals surface area contributed by atoms with Crippen LogP contribution in [-0.2, 0) is 6.42 Å². The third-order valence-electron chi connectivity index (χ3n) is 3.52. The SMILES string of the molecule is COc1cc(CC2CCNCC2)c(OC)cc1F. The number of nitrogens with one attached hydrogen (secondary N) is 1. The van der Waals surface area contributed by atoms with Gasteiger partial charge in [0.05, 0.1) is 14.2 Å². The zero-order valence-corrected chi connectivity index (χ0v) is 11.0. The van der Waals surface area contributed by atoms with Gasteiger partial charge in [-0.25, -0.2) is 4.39 Å². The molecular weight excluding hydrogens is 233 g/mol. The lowest BCUT2D eigenvalue weighted by atomic mass is 9.90. The summed E-state index contributed by atoms with van der Waals surface area (Å²) in [6.45, 7) is 2.12. The summed E-state index contributed by atoms with van der Waals surface area (Å²) in [5.74, 6) is 1.17. The highest BCUT2D eigenvalue weighted by Gasteiger charge is 2.18. The van der Waals surface area contributed by atoms with Gasteiger partial charge in [-0.05, 0) is 49.9 Å². The van der Waals surface area contributed by atoms with Gasteiger partial charge in [0, 0.05) is 6.07 Å². The van der Waals surface area contributed by atoms with Gasteiger partial charge in [-0.1, -0.05) is 0 Å². The molecule has 1 N–H and O–H groups in total. The van der Waals surface area contributed by atoms with Gasteiger partial charge in [-0.2, -0.15) is 0 Å². The molecular formula is C14H20FNO2. The summed E-state index contributed by atoms with van der Waals surface area (Å²) in [4.78, 5) is 0. The fraction of sp³-hybridized carbons (Fsp3) is 0.571. The van der Waals surface area contributed by atoms with Crippen molar-refractivity contribution in [2.24, 2.45) is 5.92 Å². The molecule has 0 aliphatic carbocycles. The van der Waals surface area contributed by atoms with Crippen LogP contribution in [0.4, 0.5) is 4.39 Å². The normalized spacial score (nSPS) is 16.6. The average molecular weight is 253 g/mol. The molecule has 1 aromatic carbocycles. The van der Waals surface area contributed by atoms with Crippen molar-refractivity contribution in [3.05, 3.63) is 23.5 Å². The van der Waals surface area contributed by atoms with E-state index in [9.17, 15) is 4.39 Å². The van der Waals surface area contributed by atoms with E-state index in [-0.39, 0.29) is 5.82 Å². The van der Waals surface area contributed by atoms with E-state index >= 15 is 0 Å². The van der Waals surface area contributed by atoms with Gasteiger partial charge in [-0.3, -0.25) is 0 Å². The van der Waals surface area contributed by atoms with E-state index in [0.29, 0.717) is 17.4 Å². The molecule has 1 aromatic rings. The Hall–Kier alpha value is -1.29. The van der Waals surface area contributed by atoms with Crippen molar-refractivity contribution in [1.82, 2.24) is 5.32 Å². The van der Waals surface area contributed by atoms with Crippen LogP contribution in [0.3, 0.4) is 0 Å². The Morgan fingerprint density at radius 3 is 2.44 bits per heavy atom. The number of piperidine rings is 1. The van der Waals surface area contributed by atoms with Crippen LogP contribution in [0.5, 0.6) is 11.5 Å². The van der Waals surface area contributed by atoms with Crippen molar-refractivity contribution in [3.8, 4) is 11.5 Å². The molecule has 0 amide bonds. The van der Waals surface area contributed by atoms with E-state index in [1.54, 1.807) is 13.2 Å². The first kappa shape index (κ1) is 13.1. The second-order valence-electron chi connectivity index (χ2n) is 4.70. The Bertz CT molecular complexity index is 403. The van der Waals surface area contributed by atoms with Crippen LogP contribution in [0.2, 0.25) is 0 Å². The molecule has 1 aliphatic rings. The van der Waals surface area contributed by atoms with Gasteiger partial charge in [0.2, 0.25) is 0 Å². The molecule has 1 fully saturated rings. The van der Waals surface area contributed by atoms with Crippen molar-refractivity contribution >= 4 is 0 Å². The van der Waals surface area contributed by atoms with Crippen LogP contribution in [0.25, 0.3) is 0 Å². The Morgan fingerprint density at radius 2 is 1.83 bits per heavy atom. The standard InChI is InChI=1S/C14H20FNO2/c1-17-13-9-12(15)14(18-2)8-11(13)7-10-3-5-16-6-4-10/h8-10,16H,3-7H2,1-2H3. The highest BCUT2D eigenvalue weighted by Crippen LogP contribution is 2.31. The van der Waals surface area contributed by atoms with Gasteiger partial charge in [0.25, 0.3) is 0 Å². The molecule has 18 heavy (non-hydrogen) atoms. The second-order valence-corrected chi connectivity index (χ2v) is 4.70. The fourth-order valence-corrected chi connectivity index (χ4v) is 2.48. The molecule has 100 valence electrons. The van der Waals surface area contributed by atoms with Crippen molar-refractivity contribution in [2.45, 2.75) is 19.3 Å². The Morgan fingerprint density at radius 1 is 1.17 bits per heavy atom. The molecule has 0 saturated carbocycles. The van der Waals surface area contributed by atoms with E-state index < -0.39 is 0 Å². The summed E-state index contributed by atoms with van der Waals surface area (Å²) in [5, 5.41) is 3.34. The monoisotopic (exact) mass is 253 g/mol. The Kier molecular flexibility index (Phi) is 4.42. The quantitative estimate of drug-likeness (QED) is 0.893. The topological polar surface area (TPSA) is 30.5 Å². The maximum Gasteiger partial charge on any atom is 0.168 e. The van der Waals surface area contributed by atoms with Crippen molar-refractivity contribution in [1.29, 1.82) is 0 Å². The largest absolute Gasteiger partial charge is 0.496 e. The molecule has 1 saturated heterocycles. The number of hydrogen-bond acceptors (Lipinski definition) is 3. The summed E-state index contributed by atoms with van der Waals surface area (Å²) in [6.07, 6.45) is 3.23. The molecule has 2 rings (SSSR count). The molecule has 4 heteroatoms. The van der Waals surface area contributed by atoms with E-state index in [0.717, 1.165) is 37.9 Å². The molecule has 0 atom stereocenters. The lowest BCUT2D eigenvalue weighted by Gasteiger charge is -2.23. The first-order valence-electron chi connectivity index (χ1n) is 6.35. The Labute approximate surface area is 107 Å². The molecule has 0 radical (unpaired) electrons. The maximum absolute atomic E-state index is 13.6. The molecule has 1 aliphatic heterocycles. The van der Waals surface area contributed by atoms with E-state index in [1.165, 1.54) is 13.2 Å². The molecule has 3 nitrogen and oxygen atoms in total. The predicted molar refractivity (Wildman–Crippen MR) is 68.8 cm³/mol. The third kappa shape index (κ3) is 2.93. The van der Waals surface area contributed by atoms with Crippen LogP contribution in [-0.4, -0.2) is 27.3 Å². The number of methoxy groups -OCH3 is 2. The van der Waals surface area contributed by atoms with Gasteiger partial charge in [-0.15, -0.1) is 0 Å². The minimum atomic E-state index is -0.372. The summed E-state index contributed by atoms with van der Waals surface area (Å²) in [5.41, 5.74) is 1.03. The summed E-state index contributed by atoms with van der Waals surface area (Å²) in [6, 6.07) is 3.17. The van der Waals surface area contributed by atoms with Gasteiger partial charge in [0.1, 0.15) is 5.75 Å². The minimum absolute atomic E-state index is 0.291. The van der Waals surface area contributed by atoms with E-state index in [1.807, 2.05) is 0 Å². The van der Waals surface area contributed by atoms with Gasteiger partial charge in [0.15, 0.2) is 11.6 Å².